The maximum absolute atomic E-state index is 12.6. The second-order valence-corrected chi connectivity index (χ2v) is 10.1. The molecule has 0 aliphatic rings. The van der Waals surface area contributed by atoms with Crippen molar-refractivity contribution in [1.29, 1.82) is 0 Å². The average molecular weight is 562 g/mol. The highest BCUT2D eigenvalue weighted by molar-refractivity contribution is 9.10. The van der Waals surface area contributed by atoms with Gasteiger partial charge in [0.1, 0.15) is 18.7 Å². The standard InChI is InChI=1S/C27H25BrN6O3/c1-34(2,17-19-7-3-4-10-25(19)33(36)37)14-6-11-26(35)31-22-12-13-24-23(16-22)27(30-18-29-24)32-21-9-5-8-20(28)15-21/h3-13,15-16,18H,14,17H2,1-2H3,(H-,29,30,31,32,35)/p+1. The second-order valence-electron chi connectivity index (χ2n) is 9.14. The Kier molecular flexibility index (Phi) is 7.90. The number of hydrogen-bond acceptors (Lipinski definition) is 6. The van der Waals surface area contributed by atoms with Crippen molar-refractivity contribution in [2.45, 2.75) is 6.54 Å². The summed E-state index contributed by atoms with van der Waals surface area (Å²) in [5.74, 6) is 0.354. The molecule has 0 saturated heterocycles. The molecule has 2 N–H and O–H groups in total. The Labute approximate surface area is 222 Å². The molecule has 0 saturated carbocycles. The molecule has 0 radical (unpaired) electrons. The van der Waals surface area contributed by atoms with Gasteiger partial charge in [-0.25, -0.2) is 9.97 Å². The number of carbonyl (C=O) groups is 1. The number of nitrogens with one attached hydrogen (secondary N) is 2. The molecule has 0 aliphatic heterocycles. The first-order chi connectivity index (χ1) is 17.7. The summed E-state index contributed by atoms with van der Waals surface area (Å²) in [6.07, 6.45) is 4.74. The van der Waals surface area contributed by atoms with Gasteiger partial charge in [-0.05, 0) is 48.5 Å². The largest absolute Gasteiger partial charge is 0.340 e. The van der Waals surface area contributed by atoms with E-state index >= 15 is 0 Å². The first-order valence-corrected chi connectivity index (χ1v) is 12.3. The number of carbonyl (C=O) groups excluding carboxylic acids is 1. The lowest BCUT2D eigenvalue weighted by Gasteiger charge is -2.28. The van der Waals surface area contributed by atoms with Gasteiger partial charge < -0.3 is 15.1 Å². The summed E-state index contributed by atoms with van der Waals surface area (Å²) in [6, 6.07) is 19.9. The minimum Gasteiger partial charge on any atom is -0.340 e. The predicted octanol–water partition coefficient (Wildman–Crippen LogP) is 5.82. The average Bonchev–Trinajstić information content (AvgIpc) is 2.84. The molecule has 0 spiro atoms. The number of anilines is 3. The van der Waals surface area contributed by atoms with Crippen LogP contribution in [0.1, 0.15) is 5.56 Å². The van der Waals surface area contributed by atoms with Crippen LogP contribution < -0.4 is 10.6 Å². The highest BCUT2D eigenvalue weighted by Crippen LogP contribution is 2.27. The quantitative estimate of drug-likeness (QED) is 0.115. The second kappa shape index (κ2) is 11.3. The monoisotopic (exact) mass is 561 g/mol. The maximum atomic E-state index is 12.6. The summed E-state index contributed by atoms with van der Waals surface area (Å²) in [5, 5.41) is 18.3. The zero-order chi connectivity index (χ0) is 26.4. The van der Waals surface area contributed by atoms with Crippen LogP contribution in [-0.2, 0) is 11.3 Å². The van der Waals surface area contributed by atoms with E-state index in [-0.39, 0.29) is 16.5 Å². The lowest BCUT2D eigenvalue weighted by atomic mass is 10.1. The van der Waals surface area contributed by atoms with E-state index in [9.17, 15) is 14.9 Å². The third-order valence-electron chi connectivity index (χ3n) is 5.65. The van der Waals surface area contributed by atoms with Crippen LogP contribution in [0.5, 0.6) is 0 Å². The van der Waals surface area contributed by atoms with Gasteiger partial charge in [-0.1, -0.05) is 34.1 Å². The molecule has 1 amide bonds. The minimum atomic E-state index is -0.368. The van der Waals surface area contributed by atoms with Gasteiger partial charge in [-0.3, -0.25) is 14.9 Å². The smallest absolute Gasteiger partial charge is 0.278 e. The Morgan fingerprint density at radius 3 is 2.65 bits per heavy atom. The van der Waals surface area contributed by atoms with Crippen molar-refractivity contribution in [3.63, 3.8) is 0 Å². The van der Waals surface area contributed by atoms with E-state index in [1.54, 1.807) is 30.3 Å². The van der Waals surface area contributed by atoms with E-state index in [1.165, 1.54) is 18.5 Å². The summed E-state index contributed by atoms with van der Waals surface area (Å²) in [4.78, 5) is 32.2. The molecule has 0 unspecified atom stereocenters. The van der Waals surface area contributed by atoms with E-state index in [0.29, 0.717) is 34.6 Å². The fraction of sp³-hybridized carbons (Fsp3) is 0.148. The molecule has 9 nitrogen and oxygen atoms in total. The molecule has 0 atom stereocenters. The van der Waals surface area contributed by atoms with E-state index in [2.05, 4.69) is 36.5 Å². The molecule has 4 aromatic rings. The highest BCUT2D eigenvalue weighted by Gasteiger charge is 2.21. The zero-order valence-electron chi connectivity index (χ0n) is 20.4. The lowest BCUT2D eigenvalue weighted by Crippen LogP contribution is -2.39. The summed E-state index contributed by atoms with van der Waals surface area (Å²) in [7, 11) is 3.92. The first-order valence-electron chi connectivity index (χ1n) is 11.5. The third-order valence-corrected chi connectivity index (χ3v) is 6.14. The summed E-state index contributed by atoms with van der Waals surface area (Å²) >= 11 is 3.47. The van der Waals surface area contributed by atoms with Crippen molar-refractivity contribution >= 4 is 55.6 Å². The van der Waals surface area contributed by atoms with Gasteiger partial charge in [0.2, 0.25) is 5.91 Å². The molecule has 1 heterocycles. The molecule has 0 fully saturated rings. The third kappa shape index (κ3) is 6.96. The number of benzene rings is 3. The number of halogens is 1. The van der Waals surface area contributed by atoms with Gasteiger partial charge in [0.25, 0.3) is 5.69 Å². The fourth-order valence-electron chi connectivity index (χ4n) is 3.91. The lowest BCUT2D eigenvalue weighted by molar-refractivity contribution is -0.898. The molecule has 3 aromatic carbocycles. The van der Waals surface area contributed by atoms with Crippen LogP contribution in [0.2, 0.25) is 0 Å². The molecule has 4 rings (SSSR count). The number of nitro benzene ring substituents is 1. The van der Waals surface area contributed by atoms with E-state index in [1.807, 2.05) is 50.5 Å². The van der Waals surface area contributed by atoms with Crippen molar-refractivity contribution in [3.05, 3.63) is 105 Å². The molecule has 0 aliphatic carbocycles. The molecular weight excluding hydrogens is 536 g/mol. The number of nitrogens with zero attached hydrogens (tertiary/aromatic N) is 4. The Hall–Kier alpha value is -4.15. The van der Waals surface area contributed by atoms with Gasteiger partial charge in [0.15, 0.2) is 0 Å². The van der Waals surface area contributed by atoms with Crippen molar-refractivity contribution in [3.8, 4) is 0 Å². The molecule has 1 aromatic heterocycles. The summed E-state index contributed by atoms with van der Waals surface area (Å²) in [5.41, 5.74) is 2.98. The number of quaternary nitrogens is 1. The minimum absolute atomic E-state index is 0.101. The Bertz CT molecular complexity index is 1490. The normalized spacial score (nSPS) is 11.5. The predicted molar refractivity (Wildman–Crippen MR) is 149 cm³/mol. The van der Waals surface area contributed by atoms with E-state index in [4.69, 9.17) is 0 Å². The Morgan fingerprint density at radius 2 is 1.86 bits per heavy atom. The highest BCUT2D eigenvalue weighted by atomic mass is 79.9. The number of hydrogen-bond donors (Lipinski definition) is 2. The van der Waals surface area contributed by atoms with Gasteiger partial charge >= 0.3 is 0 Å². The fourth-order valence-corrected chi connectivity index (χ4v) is 4.31. The van der Waals surface area contributed by atoms with E-state index < -0.39 is 0 Å². The van der Waals surface area contributed by atoms with Gasteiger partial charge in [-0.2, -0.15) is 0 Å². The Morgan fingerprint density at radius 1 is 1.05 bits per heavy atom. The number of amides is 1. The van der Waals surface area contributed by atoms with E-state index in [0.717, 1.165) is 21.1 Å². The van der Waals surface area contributed by atoms with Crippen molar-refractivity contribution in [2.75, 3.05) is 31.3 Å². The molecular formula is C27H26BrN6O3+. The topological polar surface area (TPSA) is 110 Å². The van der Waals surface area contributed by atoms with Crippen LogP contribution in [0.3, 0.4) is 0 Å². The number of para-hydroxylation sites is 1. The molecule has 37 heavy (non-hydrogen) atoms. The number of fused-ring (bicyclic) bond motifs is 1. The molecule has 188 valence electrons. The maximum Gasteiger partial charge on any atom is 0.278 e. The number of likely N-dealkylation sites (N-methyl/N-ethyl adjacent to an activating group) is 1. The zero-order valence-corrected chi connectivity index (χ0v) is 22.0. The van der Waals surface area contributed by atoms with Crippen LogP contribution in [0.15, 0.2) is 89.7 Å². The summed E-state index contributed by atoms with van der Waals surface area (Å²) < 4.78 is 1.39. The molecule has 10 heteroatoms. The van der Waals surface area contributed by atoms with Crippen LogP contribution in [0, 0.1) is 10.1 Å². The van der Waals surface area contributed by atoms with Crippen molar-refractivity contribution in [1.82, 2.24) is 9.97 Å². The molecule has 0 bridgehead atoms. The summed E-state index contributed by atoms with van der Waals surface area (Å²) in [6.45, 7) is 0.979. The van der Waals surface area contributed by atoms with Crippen LogP contribution in [0.4, 0.5) is 22.9 Å². The Balaban J connectivity index is 1.42. The number of nitro groups is 1. The van der Waals surface area contributed by atoms with Crippen molar-refractivity contribution in [2.24, 2.45) is 0 Å². The number of aromatic nitrogens is 2. The number of rotatable bonds is 9. The van der Waals surface area contributed by atoms with Crippen LogP contribution in [-0.4, -0.2) is 45.9 Å². The van der Waals surface area contributed by atoms with Gasteiger partial charge in [0, 0.05) is 33.4 Å². The van der Waals surface area contributed by atoms with Gasteiger partial charge in [-0.15, -0.1) is 0 Å². The van der Waals surface area contributed by atoms with Crippen molar-refractivity contribution < 1.29 is 14.2 Å². The van der Waals surface area contributed by atoms with Gasteiger partial charge in [0.05, 0.1) is 36.6 Å². The SMILES string of the molecule is C[N+](C)(CC=CC(=O)Nc1ccc2ncnc(Nc3cccc(Br)c3)c2c1)Cc1ccccc1[N+](=O)[O-]. The van der Waals surface area contributed by atoms with Crippen LogP contribution in [0.25, 0.3) is 10.9 Å². The first kappa shape index (κ1) is 25.9. The van der Waals surface area contributed by atoms with Crippen LogP contribution >= 0.6 is 15.9 Å².